The molecule has 1 aliphatic rings. The lowest BCUT2D eigenvalue weighted by molar-refractivity contribution is 0.255. The average molecular weight is 312 g/mol. The fraction of sp³-hybridized carbons (Fsp3) is 0.571. The first kappa shape index (κ1) is 14.0. The van der Waals surface area contributed by atoms with Gasteiger partial charge in [-0.05, 0) is 37.4 Å². The highest BCUT2D eigenvalue weighted by Gasteiger charge is 2.24. The smallest absolute Gasteiger partial charge is 0.225 e. The van der Waals surface area contributed by atoms with Crippen molar-refractivity contribution in [1.82, 2.24) is 9.97 Å². The van der Waals surface area contributed by atoms with Crippen LogP contribution in [0.15, 0.2) is 6.07 Å². The monoisotopic (exact) mass is 311 g/mol. The van der Waals surface area contributed by atoms with Crippen molar-refractivity contribution in [2.24, 2.45) is 0 Å². The molecule has 3 heterocycles. The van der Waals surface area contributed by atoms with E-state index in [0.717, 1.165) is 41.8 Å². The van der Waals surface area contributed by atoms with E-state index in [9.17, 15) is 5.11 Å². The lowest BCUT2D eigenvalue weighted by Crippen LogP contribution is -2.38. The average Bonchev–Trinajstić information content (AvgIpc) is 2.65. The Morgan fingerprint density at radius 2 is 2.25 bits per heavy atom. The zero-order chi connectivity index (χ0) is 14.1. The second-order valence-corrected chi connectivity index (χ2v) is 6.84. The standard InChI is InChI=1S/C14H18ClN3OS/c1-9-7-11-12(16-14(15)17-13(11)20-9)18-6-4-2-3-5-10(18)8-19/h7,10,19H,2-6,8H2,1H3. The van der Waals surface area contributed by atoms with E-state index in [1.807, 2.05) is 0 Å². The molecule has 1 atom stereocenters. The van der Waals surface area contributed by atoms with Crippen molar-refractivity contribution < 1.29 is 5.11 Å². The van der Waals surface area contributed by atoms with Crippen LogP contribution in [-0.4, -0.2) is 34.3 Å². The van der Waals surface area contributed by atoms with Crippen molar-refractivity contribution in [2.45, 2.75) is 38.6 Å². The van der Waals surface area contributed by atoms with E-state index in [-0.39, 0.29) is 17.9 Å². The summed E-state index contributed by atoms with van der Waals surface area (Å²) >= 11 is 7.71. The zero-order valence-electron chi connectivity index (χ0n) is 11.5. The number of aliphatic hydroxyl groups is 1. The summed E-state index contributed by atoms with van der Waals surface area (Å²) < 4.78 is 0. The fourth-order valence-electron chi connectivity index (χ4n) is 2.87. The number of hydrogen-bond donors (Lipinski definition) is 1. The number of anilines is 1. The van der Waals surface area contributed by atoms with Gasteiger partial charge in [0.2, 0.25) is 5.28 Å². The molecule has 1 unspecified atom stereocenters. The Morgan fingerprint density at radius 1 is 1.40 bits per heavy atom. The van der Waals surface area contributed by atoms with Gasteiger partial charge in [0.15, 0.2) is 0 Å². The summed E-state index contributed by atoms with van der Waals surface area (Å²) in [5, 5.41) is 11.0. The summed E-state index contributed by atoms with van der Waals surface area (Å²) in [5.74, 6) is 0.880. The summed E-state index contributed by atoms with van der Waals surface area (Å²) in [6.07, 6.45) is 4.50. The number of halogens is 1. The zero-order valence-corrected chi connectivity index (χ0v) is 13.0. The van der Waals surface area contributed by atoms with Gasteiger partial charge in [0, 0.05) is 11.4 Å². The molecule has 4 nitrogen and oxygen atoms in total. The van der Waals surface area contributed by atoms with Crippen LogP contribution < -0.4 is 4.90 Å². The van der Waals surface area contributed by atoms with Gasteiger partial charge in [-0.25, -0.2) is 4.98 Å². The summed E-state index contributed by atoms with van der Waals surface area (Å²) in [5.41, 5.74) is 0. The second kappa shape index (κ2) is 5.84. The molecule has 0 aliphatic carbocycles. The number of aryl methyl sites for hydroxylation is 1. The molecule has 2 aromatic heterocycles. The van der Waals surface area contributed by atoms with Gasteiger partial charge in [0.05, 0.1) is 18.0 Å². The maximum absolute atomic E-state index is 9.68. The Labute approximate surface area is 127 Å². The first-order valence-corrected chi connectivity index (χ1v) is 8.19. The summed E-state index contributed by atoms with van der Waals surface area (Å²) in [4.78, 5) is 13.1. The van der Waals surface area contributed by atoms with Gasteiger partial charge in [0.1, 0.15) is 10.6 Å². The summed E-state index contributed by atoms with van der Waals surface area (Å²) in [6, 6.07) is 2.25. The highest BCUT2D eigenvalue weighted by molar-refractivity contribution is 7.18. The van der Waals surface area contributed by atoms with E-state index in [1.54, 1.807) is 11.3 Å². The molecule has 6 heteroatoms. The van der Waals surface area contributed by atoms with Crippen LogP contribution in [0.3, 0.4) is 0 Å². The molecular formula is C14H18ClN3OS. The minimum Gasteiger partial charge on any atom is -0.394 e. The Kier molecular flexibility index (Phi) is 4.10. The molecular weight excluding hydrogens is 294 g/mol. The molecule has 1 N–H and O–H groups in total. The van der Waals surface area contributed by atoms with E-state index in [4.69, 9.17) is 11.6 Å². The third kappa shape index (κ3) is 2.62. The van der Waals surface area contributed by atoms with Crippen LogP contribution in [0, 0.1) is 6.92 Å². The Balaban J connectivity index is 2.10. The molecule has 108 valence electrons. The van der Waals surface area contributed by atoms with E-state index < -0.39 is 0 Å². The molecule has 0 radical (unpaired) electrons. The number of aromatic nitrogens is 2. The molecule has 0 saturated carbocycles. The lowest BCUT2D eigenvalue weighted by Gasteiger charge is -2.30. The minimum absolute atomic E-state index is 0.131. The number of nitrogens with zero attached hydrogens (tertiary/aromatic N) is 3. The van der Waals surface area contributed by atoms with Gasteiger partial charge in [-0.15, -0.1) is 11.3 Å². The van der Waals surface area contributed by atoms with Crippen LogP contribution in [0.2, 0.25) is 5.28 Å². The number of aliphatic hydroxyl groups excluding tert-OH is 1. The van der Waals surface area contributed by atoms with Gasteiger partial charge < -0.3 is 10.0 Å². The van der Waals surface area contributed by atoms with Crippen LogP contribution >= 0.6 is 22.9 Å². The SMILES string of the molecule is Cc1cc2c(N3CCCCCC3CO)nc(Cl)nc2s1. The molecule has 1 aliphatic heterocycles. The van der Waals surface area contributed by atoms with E-state index in [0.29, 0.717) is 0 Å². The van der Waals surface area contributed by atoms with Crippen molar-refractivity contribution >= 4 is 39.0 Å². The van der Waals surface area contributed by atoms with Crippen LogP contribution in [0.5, 0.6) is 0 Å². The Bertz CT molecular complexity index is 616. The van der Waals surface area contributed by atoms with Gasteiger partial charge in [-0.3, -0.25) is 0 Å². The summed E-state index contributed by atoms with van der Waals surface area (Å²) in [7, 11) is 0. The molecule has 0 spiro atoms. The molecule has 0 bridgehead atoms. The van der Waals surface area contributed by atoms with E-state index in [2.05, 4.69) is 27.9 Å². The first-order chi connectivity index (χ1) is 9.69. The number of rotatable bonds is 2. The van der Waals surface area contributed by atoms with Crippen molar-refractivity contribution in [2.75, 3.05) is 18.1 Å². The van der Waals surface area contributed by atoms with Crippen molar-refractivity contribution in [1.29, 1.82) is 0 Å². The third-order valence-electron chi connectivity index (χ3n) is 3.83. The van der Waals surface area contributed by atoms with Crippen LogP contribution in [0.1, 0.15) is 30.6 Å². The Hall–Kier alpha value is -0.910. The second-order valence-electron chi connectivity index (χ2n) is 5.27. The van der Waals surface area contributed by atoms with Gasteiger partial charge in [-0.1, -0.05) is 12.8 Å². The molecule has 20 heavy (non-hydrogen) atoms. The number of fused-ring (bicyclic) bond motifs is 1. The largest absolute Gasteiger partial charge is 0.394 e. The number of hydrogen-bond acceptors (Lipinski definition) is 5. The predicted octanol–water partition coefficient (Wildman–Crippen LogP) is 3.39. The van der Waals surface area contributed by atoms with Gasteiger partial charge >= 0.3 is 0 Å². The van der Waals surface area contributed by atoms with Crippen molar-refractivity contribution in [3.8, 4) is 0 Å². The molecule has 3 rings (SSSR count). The Morgan fingerprint density at radius 3 is 3.05 bits per heavy atom. The maximum atomic E-state index is 9.68. The van der Waals surface area contributed by atoms with Crippen LogP contribution in [0.25, 0.3) is 10.2 Å². The van der Waals surface area contributed by atoms with Crippen molar-refractivity contribution in [3.63, 3.8) is 0 Å². The summed E-state index contributed by atoms with van der Waals surface area (Å²) in [6.45, 7) is 3.14. The molecule has 2 aromatic rings. The normalized spacial score (nSPS) is 20.4. The van der Waals surface area contributed by atoms with Crippen LogP contribution in [-0.2, 0) is 0 Å². The van der Waals surface area contributed by atoms with E-state index >= 15 is 0 Å². The first-order valence-electron chi connectivity index (χ1n) is 7.00. The number of thiophene rings is 1. The molecule has 1 fully saturated rings. The maximum Gasteiger partial charge on any atom is 0.225 e. The predicted molar refractivity (Wildman–Crippen MR) is 83.8 cm³/mol. The third-order valence-corrected chi connectivity index (χ3v) is 4.94. The lowest BCUT2D eigenvalue weighted by atomic mass is 10.1. The minimum atomic E-state index is 0.131. The van der Waals surface area contributed by atoms with Gasteiger partial charge in [0.25, 0.3) is 0 Å². The fourth-order valence-corrected chi connectivity index (χ4v) is 3.96. The van der Waals surface area contributed by atoms with E-state index in [1.165, 1.54) is 11.3 Å². The molecule has 0 amide bonds. The molecule has 1 saturated heterocycles. The highest BCUT2D eigenvalue weighted by Crippen LogP contribution is 2.34. The van der Waals surface area contributed by atoms with Crippen LogP contribution in [0.4, 0.5) is 5.82 Å². The quantitative estimate of drug-likeness (QED) is 0.864. The van der Waals surface area contributed by atoms with Crippen molar-refractivity contribution in [3.05, 3.63) is 16.2 Å². The highest BCUT2D eigenvalue weighted by atomic mass is 35.5. The molecule has 0 aromatic carbocycles. The topological polar surface area (TPSA) is 49.2 Å². The van der Waals surface area contributed by atoms with Gasteiger partial charge in [-0.2, -0.15) is 4.98 Å².